The van der Waals surface area contributed by atoms with E-state index in [0.29, 0.717) is 15.8 Å². The molecule has 0 radical (unpaired) electrons. The van der Waals surface area contributed by atoms with E-state index in [1.54, 1.807) is 52.0 Å². The minimum absolute atomic E-state index is 0.00674. The third kappa shape index (κ3) is 10.8. The number of ether oxygens (including phenoxy) is 1. The van der Waals surface area contributed by atoms with Crippen molar-refractivity contribution in [2.45, 2.75) is 102 Å². The van der Waals surface area contributed by atoms with Gasteiger partial charge in [-0.1, -0.05) is 67.3 Å². The molecule has 7 rings (SSSR count). The number of piperidine rings is 1. The number of nitrogens with one attached hydrogen (secondary N) is 3. The predicted octanol–water partition coefficient (Wildman–Crippen LogP) is 6.15. The van der Waals surface area contributed by atoms with Gasteiger partial charge in [0.2, 0.25) is 17.7 Å². The Morgan fingerprint density at radius 1 is 0.866 bits per heavy atom. The number of phenolic OH excluding ortho intramolecular Hbond substituents is 1. The van der Waals surface area contributed by atoms with Gasteiger partial charge in [0.1, 0.15) is 23.9 Å². The molecule has 2 fully saturated rings. The van der Waals surface area contributed by atoms with E-state index in [4.69, 9.17) is 4.74 Å². The molecule has 18 heteroatoms. The number of nitrogens with zero attached hydrogens (tertiary/aromatic N) is 3. The van der Waals surface area contributed by atoms with Gasteiger partial charge in [0.25, 0.3) is 27.7 Å². The van der Waals surface area contributed by atoms with E-state index < -0.39 is 75.5 Å². The van der Waals surface area contributed by atoms with Crippen molar-refractivity contribution in [2.24, 2.45) is 0 Å². The van der Waals surface area contributed by atoms with Gasteiger partial charge in [0, 0.05) is 37.0 Å². The molecule has 67 heavy (non-hydrogen) atoms. The van der Waals surface area contributed by atoms with Crippen molar-refractivity contribution in [1.82, 2.24) is 19.8 Å². The van der Waals surface area contributed by atoms with E-state index in [2.05, 4.69) is 16.0 Å². The quantitative estimate of drug-likeness (QED) is 0.0825. The Morgan fingerprint density at radius 3 is 2.22 bits per heavy atom. The van der Waals surface area contributed by atoms with E-state index in [1.165, 1.54) is 53.3 Å². The summed E-state index contributed by atoms with van der Waals surface area (Å²) in [6.07, 6.45) is 4.40. The first-order chi connectivity index (χ1) is 31.8. The van der Waals surface area contributed by atoms with E-state index in [0.717, 1.165) is 36.1 Å². The number of aryl methyl sites for hydroxylation is 1. The van der Waals surface area contributed by atoms with Crippen LogP contribution in [0.15, 0.2) is 89.8 Å². The van der Waals surface area contributed by atoms with Gasteiger partial charge >= 0.3 is 6.09 Å². The molecule has 352 valence electrons. The van der Waals surface area contributed by atoms with Crippen molar-refractivity contribution in [3.05, 3.63) is 118 Å². The maximum absolute atomic E-state index is 14.5. The molecule has 7 amide bonds. The minimum atomic E-state index is -4.62. The smallest absolute Gasteiger partial charge is 0.424 e. The summed E-state index contributed by atoms with van der Waals surface area (Å²) in [7, 11) is -4.62. The van der Waals surface area contributed by atoms with Gasteiger partial charge in [-0.25, -0.2) is 13.2 Å². The third-order valence-corrected chi connectivity index (χ3v) is 13.6. The summed E-state index contributed by atoms with van der Waals surface area (Å²) in [4.78, 5) is 94.4. The van der Waals surface area contributed by atoms with Crippen LogP contribution >= 0.6 is 0 Å². The summed E-state index contributed by atoms with van der Waals surface area (Å²) in [6, 6.07) is 21.1. The Hall–Kier alpha value is -7.08. The van der Waals surface area contributed by atoms with Crippen LogP contribution in [0, 0.1) is 6.92 Å². The molecular weight excluding hydrogens is 881 g/mol. The third-order valence-electron chi connectivity index (χ3n) is 11.9. The van der Waals surface area contributed by atoms with Gasteiger partial charge in [0.05, 0.1) is 28.1 Å². The molecule has 0 spiro atoms. The number of imide groups is 2. The Bertz CT molecular complexity index is 2710. The van der Waals surface area contributed by atoms with Gasteiger partial charge in [-0.2, -0.15) is 4.31 Å². The number of carbonyl (C=O) groups excluding carboxylic acids is 7. The maximum Gasteiger partial charge on any atom is 0.424 e. The first kappa shape index (κ1) is 47.9. The van der Waals surface area contributed by atoms with Gasteiger partial charge in [0.15, 0.2) is 0 Å². The van der Waals surface area contributed by atoms with Crippen molar-refractivity contribution in [3.8, 4) is 5.75 Å². The first-order valence-electron chi connectivity index (χ1n) is 22.2. The van der Waals surface area contributed by atoms with Crippen LogP contribution in [-0.2, 0) is 35.7 Å². The molecule has 0 aromatic heterocycles. The fraction of sp³-hybridized carbons (Fsp3) is 0.367. The molecule has 1 unspecified atom stereocenters. The highest BCUT2D eigenvalue weighted by Gasteiger charge is 2.45. The van der Waals surface area contributed by atoms with Crippen LogP contribution in [-0.4, -0.2) is 95.5 Å². The second-order valence-electron chi connectivity index (χ2n) is 17.9. The van der Waals surface area contributed by atoms with Crippen molar-refractivity contribution >= 4 is 62.9 Å². The van der Waals surface area contributed by atoms with E-state index >= 15 is 0 Å². The Kier molecular flexibility index (Phi) is 14.1. The zero-order valence-electron chi connectivity index (χ0n) is 37.8. The standard InChI is InChI=1S/C49H54N6O11S/c1-30-13-20-35(21-14-30)67(64,65)54(48(63)66-49(2,3)4)29-42(58)53(28-31-15-17-33(18-16-31)32-9-6-5-7-10-32)34-19-22-36(40(56)27-34)44(59)51-26-25-50-38-12-8-11-37-43(38)47(62)55(46(37)61)39-23-24-41(57)52-45(39)60/h8,11-22,27,32,39,50,56H,5-7,9-10,23-26,28-29H2,1-4H3,(H,51,59)(H,52,57,60). The van der Waals surface area contributed by atoms with Gasteiger partial charge in [-0.3, -0.25) is 39.0 Å². The number of rotatable bonds is 14. The number of fused-ring (bicyclic) bond motifs is 1. The van der Waals surface area contributed by atoms with Crippen LogP contribution in [0.25, 0.3) is 0 Å². The van der Waals surface area contributed by atoms with Crippen molar-refractivity contribution < 1.29 is 51.8 Å². The molecule has 1 saturated carbocycles. The molecule has 2 heterocycles. The summed E-state index contributed by atoms with van der Waals surface area (Å²) in [5, 5.41) is 19.2. The Labute approximate surface area is 388 Å². The Balaban J connectivity index is 1.08. The zero-order chi connectivity index (χ0) is 48.2. The highest BCUT2D eigenvalue weighted by atomic mass is 32.2. The summed E-state index contributed by atoms with van der Waals surface area (Å²) in [5.74, 6) is -4.15. The van der Waals surface area contributed by atoms with E-state index in [1.807, 2.05) is 24.3 Å². The lowest BCUT2D eigenvalue weighted by molar-refractivity contribution is -0.136. The summed E-state index contributed by atoms with van der Waals surface area (Å²) >= 11 is 0. The molecule has 1 atom stereocenters. The molecule has 4 aromatic carbocycles. The number of benzene rings is 4. The topological polar surface area (TPSA) is 229 Å². The number of aromatic hydroxyl groups is 1. The number of carbonyl (C=O) groups is 7. The van der Waals surface area contributed by atoms with Crippen molar-refractivity contribution in [2.75, 3.05) is 29.9 Å². The predicted molar refractivity (Wildman–Crippen MR) is 247 cm³/mol. The Morgan fingerprint density at radius 2 is 1.57 bits per heavy atom. The molecule has 1 aliphatic carbocycles. The second kappa shape index (κ2) is 19.8. The molecular formula is C49H54N6O11S. The maximum atomic E-state index is 14.5. The molecule has 0 bridgehead atoms. The fourth-order valence-corrected chi connectivity index (χ4v) is 9.70. The van der Waals surface area contributed by atoms with Crippen LogP contribution in [0.5, 0.6) is 5.75 Å². The van der Waals surface area contributed by atoms with Crippen LogP contribution in [0.2, 0.25) is 0 Å². The van der Waals surface area contributed by atoms with Crippen molar-refractivity contribution in [3.63, 3.8) is 0 Å². The largest absolute Gasteiger partial charge is 0.507 e. The van der Waals surface area contributed by atoms with Crippen LogP contribution < -0.4 is 20.9 Å². The van der Waals surface area contributed by atoms with Crippen LogP contribution in [0.4, 0.5) is 16.2 Å². The first-order valence-corrected chi connectivity index (χ1v) is 23.7. The molecule has 1 saturated heterocycles. The van der Waals surface area contributed by atoms with Crippen LogP contribution in [0.3, 0.4) is 0 Å². The number of hydrogen-bond donors (Lipinski definition) is 4. The van der Waals surface area contributed by atoms with Gasteiger partial charge in [-0.15, -0.1) is 0 Å². The number of sulfonamides is 1. The highest BCUT2D eigenvalue weighted by molar-refractivity contribution is 7.89. The zero-order valence-corrected chi connectivity index (χ0v) is 38.6. The SMILES string of the molecule is Cc1ccc(S(=O)(=O)N(CC(=O)N(Cc2ccc(C3CCCCC3)cc2)c2ccc(C(=O)NCCNc3cccc4c3C(=O)N(C3CCC(=O)NC3=O)C4=O)c(O)c2)C(=O)OC(C)(C)C)cc1. The number of anilines is 2. The number of hydrogen-bond acceptors (Lipinski definition) is 12. The highest BCUT2D eigenvalue weighted by Crippen LogP contribution is 2.35. The van der Waals surface area contributed by atoms with Crippen molar-refractivity contribution in [1.29, 1.82) is 0 Å². The van der Waals surface area contributed by atoms with Gasteiger partial charge in [-0.05, 0) is 100 Å². The lowest BCUT2D eigenvalue weighted by Gasteiger charge is -2.29. The fourth-order valence-electron chi connectivity index (χ4n) is 8.45. The number of amides is 7. The average molecular weight is 935 g/mol. The molecule has 2 aliphatic heterocycles. The molecule has 4 aromatic rings. The number of phenols is 1. The molecule has 17 nitrogen and oxygen atoms in total. The molecule has 4 N–H and O–H groups in total. The van der Waals surface area contributed by atoms with Crippen LogP contribution in [0.1, 0.15) is 119 Å². The van der Waals surface area contributed by atoms with Gasteiger partial charge < -0.3 is 25.4 Å². The summed E-state index contributed by atoms with van der Waals surface area (Å²) in [5.41, 5.74) is 1.92. The molecule has 3 aliphatic rings. The monoisotopic (exact) mass is 934 g/mol. The summed E-state index contributed by atoms with van der Waals surface area (Å²) < 4.78 is 34.0. The minimum Gasteiger partial charge on any atom is -0.507 e. The lowest BCUT2D eigenvalue weighted by Crippen LogP contribution is -2.54. The van der Waals surface area contributed by atoms with E-state index in [-0.39, 0.29) is 65.4 Å². The lowest BCUT2D eigenvalue weighted by atomic mass is 9.84. The van der Waals surface area contributed by atoms with E-state index in [9.17, 15) is 47.1 Å². The normalized spacial score (nSPS) is 16.5. The summed E-state index contributed by atoms with van der Waals surface area (Å²) in [6.45, 7) is 5.51. The average Bonchev–Trinajstić information content (AvgIpc) is 3.54. The second-order valence-corrected chi connectivity index (χ2v) is 19.8.